The number of hydrogen-bond donors (Lipinski definition) is 3. The largest absolute Gasteiger partial charge is 0.373 e. The van der Waals surface area contributed by atoms with Crippen molar-refractivity contribution in [3.05, 3.63) is 35.5 Å². The molecule has 1 saturated heterocycles. The zero-order valence-corrected chi connectivity index (χ0v) is 17.6. The van der Waals surface area contributed by atoms with Crippen LogP contribution in [0.4, 0.5) is 0 Å². The first kappa shape index (κ1) is 20.0. The van der Waals surface area contributed by atoms with Gasteiger partial charge in [0.2, 0.25) is 0 Å². The first-order valence-electron chi connectivity index (χ1n) is 8.75. The minimum Gasteiger partial charge on any atom is -0.373 e. The molecule has 1 fully saturated rings. The second-order valence-electron chi connectivity index (χ2n) is 6.82. The molecular formula is C19H29IN4O. The summed E-state index contributed by atoms with van der Waals surface area (Å²) in [5, 5.41) is 8.13. The van der Waals surface area contributed by atoms with Crippen LogP contribution in [0.5, 0.6) is 0 Å². The molecule has 0 spiro atoms. The molecule has 3 rings (SSSR count). The minimum absolute atomic E-state index is 0. The van der Waals surface area contributed by atoms with Crippen LogP contribution in [0.2, 0.25) is 0 Å². The van der Waals surface area contributed by atoms with Crippen molar-refractivity contribution in [1.82, 2.24) is 15.6 Å². The molecule has 138 valence electrons. The molecule has 0 saturated carbocycles. The maximum atomic E-state index is 5.81. The SMILES string of the molecule is CN=C(NCCc1c[nH]c2cccc(C)c12)NCC1(C)CCCO1.I. The molecule has 0 aliphatic carbocycles. The number of benzene rings is 1. The number of aromatic amines is 1. The number of ether oxygens (including phenoxy) is 1. The van der Waals surface area contributed by atoms with E-state index in [1.54, 1.807) is 0 Å². The first-order valence-corrected chi connectivity index (χ1v) is 8.75. The van der Waals surface area contributed by atoms with E-state index in [0.717, 1.165) is 44.9 Å². The van der Waals surface area contributed by atoms with Crippen LogP contribution in [0, 0.1) is 6.92 Å². The van der Waals surface area contributed by atoms with E-state index in [1.807, 2.05) is 7.05 Å². The lowest BCUT2D eigenvalue weighted by Crippen LogP contribution is -2.45. The average molecular weight is 456 g/mol. The Morgan fingerprint density at radius 3 is 2.92 bits per heavy atom. The minimum atomic E-state index is -0.0639. The van der Waals surface area contributed by atoms with Gasteiger partial charge in [-0.15, -0.1) is 24.0 Å². The van der Waals surface area contributed by atoms with Crippen molar-refractivity contribution in [2.75, 3.05) is 26.7 Å². The summed E-state index contributed by atoms with van der Waals surface area (Å²) in [6.45, 7) is 6.83. The summed E-state index contributed by atoms with van der Waals surface area (Å²) in [7, 11) is 1.81. The van der Waals surface area contributed by atoms with Gasteiger partial charge in [-0.2, -0.15) is 0 Å². The van der Waals surface area contributed by atoms with Gasteiger partial charge in [-0.1, -0.05) is 12.1 Å². The molecule has 1 aliphatic rings. The maximum Gasteiger partial charge on any atom is 0.191 e. The van der Waals surface area contributed by atoms with Crippen LogP contribution in [0.1, 0.15) is 30.9 Å². The molecule has 5 nitrogen and oxygen atoms in total. The highest BCUT2D eigenvalue weighted by Gasteiger charge is 2.29. The number of rotatable bonds is 5. The highest BCUT2D eigenvalue weighted by Crippen LogP contribution is 2.24. The van der Waals surface area contributed by atoms with E-state index in [-0.39, 0.29) is 29.6 Å². The highest BCUT2D eigenvalue weighted by molar-refractivity contribution is 14.0. The van der Waals surface area contributed by atoms with Gasteiger partial charge in [0.25, 0.3) is 0 Å². The molecule has 2 aromatic rings. The lowest BCUT2D eigenvalue weighted by atomic mass is 10.0. The molecule has 1 aromatic heterocycles. The van der Waals surface area contributed by atoms with Gasteiger partial charge in [-0.25, -0.2) is 0 Å². The molecule has 3 N–H and O–H groups in total. The van der Waals surface area contributed by atoms with E-state index in [4.69, 9.17) is 4.74 Å². The zero-order chi connectivity index (χ0) is 17.0. The topological polar surface area (TPSA) is 61.4 Å². The summed E-state index contributed by atoms with van der Waals surface area (Å²) < 4.78 is 5.81. The summed E-state index contributed by atoms with van der Waals surface area (Å²) in [5.41, 5.74) is 3.81. The number of aliphatic imine (C=N–C) groups is 1. The van der Waals surface area contributed by atoms with Gasteiger partial charge < -0.3 is 20.4 Å². The van der Waals surface area contributed by atoms with E-state index < -0.39 is 0 Å². The van der Waals surface area contributed by atoms with Gasteiger partial charge in [-0.05, 0) is 50.3 Å². The molecule has 2 heterocycles. The van der Waals surface area contributed by atoms with Gasteiger partial charge in [0.05, 0.1) is 5.60 Å². The Morgan fingerprint density at radius 1 is 1.36 bits per heavy atom. The van der Waals surface area contributed by atoms with Crippen LogP contribution in [-0.2, 0) is 11.2 Å². The molecule has 1 atom stereocenters. The second-order valence-corrected chi connectivity index (χ2v) is 6.82. The van der Waals surface area contributed by atoms with E-state index in [9.17, 15) is 0 Å². The van der Waals surface area contributed by atoms with E-state index >= 15 is 0 Å². The van der Waals surface area contributed by atoms with Crippen LogP contribution in [-0.4, -0.2) is 43.3 Å². The van der Waals surface area contributed by atoms with E-state index in [2.05, 4.69) is 58.9 Å². The van der Waals surface area contributed by atoms with Crippen molar-refractivity contribution in [2.45, 2.75) is 38.7 Å². The number of H-pyrrole nitrogens is 1. The Labute approximate surface area is 167 Å². The van der Waals surface area contributed by atoms with Crippen molar-refractivity contribution in [3.8, 4) is 0 Å². The average Bonchev–Trinajstić information content (AvgIpc) is 3.19. The molecule has 25 heavy (non-hydrogen) atoms. The van der Waals surface area contributed by atoms with E-state index in [1.165, 1.54) is 22.0 Å². The molecule has 0 bridgehead atoms. The normalized spacial score (nSPS) is 20.5. The predicted octanol–water partition coefficient (Wildman–Crippen LogP) is 3.37. The van der Waals surface area contributed by atoms with Crippen LogP contribution >= 0.6 is 24.0 Å². The summed E-state index contributed by atoms with van der Waals surface area (Å²) in [4.78, 5) is 7.67. The van der Waals surface area contributed by atoms with Gasteiger partial charge in [0, 0.05) is 43.8 Å². The molecule has 0 radical (unpaired) electrons. The van der Waals surface area contributed by atoms with Crippen molar-refractivity contribution in [2.24, 2.45) is 4.99 Å². The first-order chi connectivity index (χ1) is 11.6. The van der Waals surface area contributed by atoms with Crippen LogP contribution in [0.25, 0.3) is 10.9 Å². The molecule has 1 unspecified atom stereocenters. The third kappa shape index (κ3) is 4.88. The molecule has 1 aliphatic heterocycles. The number of halogens is 1. The fourth-order valence-electron chi connectivity index (χ4n) is 3.43. The standard InChI is InChI=1S/C19H28N4O.HI/c1-14-6-4-7-16-17(14)15(12-22-16)8-10-21-18(20-3)23-13-19(2)9-5-11-24-19;/h4,6-7,12,22H,5,8-11,13H2,1-3H3,(H2,20,21,23);1H. The third-order valence-electron chi connectivity index (χ3n) is 4.84. The number of guanidine groups is 1. The van der Waals surface area contributed by atoms with E-state index in [0.29, 0.717) is 0 Å². The Kier molecular flexibility index (Phi) is 7.13. The van der Waals surface area contributed by atoms with Crippen LogP contribution in [0.15, 0.2) is 29.4 Å². The Bertz CT molecular complexity index is 719. The van der Waals surface area contributed by atoms with Crippen molar-refractivity contribution in [1.29, 1.82) is 0 Å². The Balaban J connectivity index is 0.00000225. The maximum absolute atomic E-state index is 5.81. The highest BCUT2D eigenvalue weighted by atomic mass is 127. The fourth-order valence-corrected chi connectivity index (χ4v) is 3.43. The zero-order valence-electron chi connectivity index (χ0n) is 15.3. The van der Waals surface area contributed by atoms with Crippen molar-refractivity contribution >= 4 is 40.8 Å². The Morgan fingerprint density at radius 2 is 2.20 bits per heavy atom. The summed E-state index contributed by atoms with van der Waals surface area (Å²) in [6, 6.07) is 6.38. The lowest BCUT2D eigenvalue weighted by Gasteiger charge is -2.24. The quantitative estimate of drug-likeness (QED) is 0.368. The number of hydrogen-bond acceptors (Lipinski definition) is 2. The number of aromatic nitrogens is 1. The smallest absolute Gasteiger partial charge is 0.191 e. The summed E-state index contributed by atoms with van der Waals surface area (Å²) in [5.74, 6) is 0.836. The molecule has 0 amide bonds. The van der Waals surface area contributed by atoms with Crippen LogP contribution < -0.4 is 10.6 Å². The van der Waals surface area contributed by atoms with Gasteiger partial charge >= 0.3 is 0 Å². The fraction of sp³-hybridized carbons (Fsp3) is 0.526. The predicted molar refractivity (Wildman–Crippen MR) is 115 cm³/mol. The number of nitrogens with zero attached hydrogens (tertiary/aromatic N) is 1. The number of aryl methyl sites for hydroxylation is 1. The second kappa shape index (κ2) is 8.89. The molecule has 1 aromatic carbocycles. The van der Waals surface area contributed by atoms with Gasteiger partial charge in [0.1, 0.15) is 0 Å². The Hall–Kier alpha value is -1.28. The van der Waals surface area contributed by atoms with Crippen LogP contribution in [0.3, 0.4) is 0 Å². The summed E-state index contributed by atoms with van der Waals surface area (Å²) in [6.07, 6.45) is 5.32. The van der Waals surface area contributed by atoms with Crippen molar-refractivity contribution < 1.29 is 4.74 Å². The number of fused-ring (bicyclic) bond motifs is 1. The molecule has 6 heteroatoms. The van der Waals surface area contributed by atoms with Crippen molar-refractivity contribution in [3.63, 3.8) is 0 Å². The molecular weight excluding hydrogens is 427 g/mol. The number of nitrogens with one attached hydrogen (secondary N) is 3. The summed E-state index contributed by atoms with van der Waals surface area (Å²) >= 11 is 0. The lowest BCUT2D eigenvalue weighted by molar-refractivity contribution is 0.0243. The third-order valence-corrected chi connectivity index (χ3v) is 4.84. The van der Waals surface area contributed by atoms with Gasteiger partial charge in [0.15, 0.2) is 5.96 Å². The monoisotopic (exact) mass is 456 g/mol. The van der Waals surface area contributed by atoms with Gasteiger partial charge in [-0.3, -0.25) is 4.99 Å².